The molecule has 3 amide bonds. The van der Waals surface area contributed by atoms with Gasteiger partial charge < -0.3 is 10.1 Å². The maximum absolute atomic E-state index is 11.9. The highest BCUT2D eigenvalue weighted by atomic mass is 32.1. The fraction of sp³-hybridized carbons (Fsp3) is 0.250. The molecule has 0 aliphatic carbocycles. The van der Waals surface area contributed by atoms with E-state index in [0.717, 1.165) is 10.5 Å². The van der Waals surface area contributed by atoms with E-state index in [1.165, 1.54) is 4.88 Å². The zero-order chi connectivity index (χ0) is 15.5. The second-order valence-electron chi connectivity index (χ2n) is 4.95. The zero-order valence-corrected chi connectivity index (χ0v) is 12.9. The lowest BCUT2D eigenvalue weighted by Crippen LogP contribution is -2.34. The van der Waals surface area contributed by atoms with Crippen molar-refractivity contribution < 1.29 is 14.3 Å². The van der Waals surface area contributed by atoms with Gasteiger partial charge in [0.2, 0.25) is 0 Å². The van der Waals surface area contributed by atoms with Crippen LogP contribution >= 0.6 is 11.3 Å². The molecule has 2 aromatic rings. The average Bonchev–Trinajstić information content (AvgIpc) is 3.15. The summed E-state index contributed by atoms with van der Waals surface area (Å²) in [5, 5.41) is 4.66. The van der Waals surface area contributed by atoms with Crippen molar-refractivity contribution in [3.05, 3.63) is 41.8 Å². The second kappa shape index (κ2) is 6.19. The van der Waals surface area contributed by atoms with Crippen LogP contribution in [-0.4, -0.2) is 29.6 Å². The Labute approximate surface area is 132 Å². The molecule has 0 bridgehead atoms. The number of carbonyl (C=O) groups is 2. The first kappa shape index (κ1) is 14.6. The number of urea groups is 1. The Bertz CT molecular complexity index is 667. The van der Waals surface area contributed by atoms with Crippen molar-refractivity contribution >= 4 is 23.3 Å². The molecule has 22 heavy (non-hydrogen) atoms. The number of hydrogen-bond donors (Lipinski definition) is 1. The molecule has 5 nitrogen and oxygen atoms in total. The standard InChI is InChI=1S/C16H16N2O3S/c1-2-13-15(19)18(16(20)17-13)10-21-12-7-5-11(6-8-12)14-4-3-9-22-14/h3-9,13H,2,10H2,1H3,(H,17,20)/t13-/m1/s1. The van der Waals surface area contributed by atoms with Crippen LogP contribution in [0.15, 0.2) is 41.8 Å². The minimum absolute atomic E-state index is 0.0699. The molecule has 0 spiro atoms. The molecule has 1 N–H and O–H groups in total. The minimum atomic E-state index is -0.433. The van der Waals surface area contributed by atoms with Gasteiger partial charge in [0.15, 0.2) is 6.73 Å². The smallest absolute Gasteiger partial charge is 0.327 e. The number of carbonyl (C=O) groups excluding carboxylic acids is 2. The molecule has 1 saturated heterocycles. The second-order valence-corrected chi connectivity index (χ2v) is 5.90. The first-order valence-corrected chi connectivity index (χ1v) is 7.95. The predicted molar refractivity (Wildman–Crippen MR) is 84.7 cm³/mol. The lowest BCUT2D eigenvalue weighted by Gasteiger charge is -2.14. The van der Waals surface area contributed by atoms with Crippen LogP contribution in [0.2, 0.25) is 0 Å². The van der Waals surface area contributed by atoms with Gasteiger partial charge in [-0.1, -0.05) is 13.0 Å². The molecule has 1 aliphatic rings. The van der Waals surface area contributed by atoms with E-state index in [2.05, 4.69) is 11.4 Å². The van der Waals surface area contributed by atoms with Crippen LogP contribution in [0.4, 0.5) is 4.79 Å². The predicted octanol–water partition coefficient (Wildman–Crippen LogP) is 3.08. The molecule has 1 aromatic heterocycles. The highest BCUT2D eigenvalue weighted by molar-refractivity contribution is 7.13. The number of imide groups is 1. The zero-order valence-electron chi connectivity index (χ0n) is 12.1. The van der Waals surface area contributed by atoms with Crippen molar-refractivity contribution in [2.75, 3.05) is 6.73 Å². The number of ether oxygens (including phenoxy) is 1. The molecular formula is C16H16N2O3S. The number of hydrogen-bond acceptors (Lipinski definition) is 4. The third kappa shape index (κ3) is 2.82. The van der Waals surface area contributed by atoms with E-state index < -0.39 is 12.1 Å². The van der Waals surface area contributed by atoms with Gasteiger partial charge in [0.05, 0.1) is 0 Å². The fourth-order valence-electron chi connectivity index (χ4n) is 2.27. The molecule has 6 heteroatoms. The van der Waals surface area contributed by atoms with E-state index in [9.17, 15) is 9.59 Å². The summed E-state index contributed by atoms with van der Waals surface area (Å²) in [5.74, 6) is 0.392. The molecule has 1 aliphatic heterocycles. The molecule has 2 heterocycles. The quantitative estimate of drug-likeness (QED) is 0.862. The van der Waals surface area contributed by atoms with E-state index in [4.69, 9.17) is 4.74 Å². The molecule has 1 fully saturated rings. The molecular weight excluding hydrogens is 300 g/mol. The largest absolute Gasteiger partial charge is 0.472 e. The highest BCUT2D eigenvalue weighted by Gasteiger charge is 2.36. The average molecular weight is 316 g/mol. The molecule has 1 aromatic carbocycles. The maximum Gasteiger partial charge on any atom is 0.327 e. The van der Waals surface area contributed by atoms with Crippen LogP contribution in [0, 0.1) is 0 Å². The van der Waals surface area contributed by atoms with Crippen molar-refractivity contribution in [2.45, 2.75) is 19.4 Å². The topological polar surface area (TPSA) is 58.6 Å². The van der Waals surface area contributed by atoms with Gasteiger partial charge in [0, 0.05) is 4.88 Å². The van der Waals surface area contributed by atoms with Crippen molar-refractivity contribution in [2.24, 2.45) is 0 Å². The van der Waals surface area contributed by atoms with Crippen molar-refractivity contribution in [3.8, 4) is 16.2 Å². The normalized spacial score (nSPS) is 17.7. The van der Waals surface area contributed by atoms with Gasteiger partial charge >= 0.3 is 6.03 Å². The Morgan fingerprint density at radius 1 is 1.23 bits per heavy atom. The number of amides is 3. The molecule has 0 saturated carbocycles. The number of rotatable bonds is 5. The van der Waals surface area contributed by atoms with E-state index in [1.54, 1.807) is 11.3 Å². The Balaban J connectivity index is 1.62. The molecule has 114 valence electrons. The SMILES string of the molecule is CC[C@H]1NC(=O)N(COc2ccc(-c3cccs3)cc2)C1=O. The van der Waals surface area contributed by atoms with Crippen molar-refractivity contribution in [1.82, 2.24) is 10.2 Å². The summed E-state index contributed by atoms with van der Waals surface area (Å²) >= 11 is 1.67. The highest BCUT2D eigenvalue weighted by Crippen LogP contribution is 2.26. The lowest BCUT2D eigenvalue weighted by molar-refractivity contribution is -0.129. The van der Waals surface area contributed by atoms with Crippen LogP contribution in [-0.2, 0) is 4.79 Å². The molecule has 0 unspecified atom stereocenters. The Morgan fingerprint density at radius 2 is 2.00 bits per heavy atom. The van der Waals surface area contributed by atoms with Gasteiger partial charge in [-0.05, 0) is 47.7 Å². The first-order valence-electron chi connectivity index (χ1n) is 7.07. The Morgan fingerprint density at radius 3 is 2.59 bits per heavy atom. The molecule has 1 atom stereocenters. The maximum atomic E-state index is 11.9. The third-order valence-corrected chi connectivity index (χ3v) is 4.45. The van der Waals surface area contributed by atoms with Crippen LogP contribution in [0.3, 0.4) is 0 Å². The monoisotopic (exact) mass is 316 g/mol. The summed E-state index contributed by atoms with van der Waals surface area (Å²) < 4.78 is 5.54. The van der Waals surface area contributed by atoms with Crippen LogP contribution in [0.1, 0.15) is 13.3 Å². The fourth-order valence-corrected chi connectivity index (χ4v) is 3.01. The van der Waals surface area contributed by atoms with Gasteiger partial charge in [-0.25, -0.2) is 9.69 Å². The van der Waals surface area contributed by atoms with E-state index in [1.807, 2.05) is 42.6 Å². The van der Waals surface area contributed by atoms with E-state index in [-0.39, 0.29) is 12.6 Å². The van der Waals surface area contributed by atoms with Crippen molar-refractivity contribution in [3.63, 3.8) is 0 Å². The van der Waals surface area contributed by atoms with Gasteiger partial charge in [-0.15, -0.1) is 11.3 Å². The summed E-state index contributed by atoms with van der Waals surface area (Å²) in [7, 11) is 0. The minimum Gasteiger partial charge on any atom is -0.472 e. The summed E-state index contributed by atoms with van der Waals surface area (Å²) in [6.45, 7) is 1.79. The van der Waals surface area contributed by atoms with Crippen molar-refractivity contribution in [1.29, 1.82) is 0 Å². The molecule has 0 radical (unpaired) electrons. The number of benzene rings is 1. The van der Waals surface area contributed by atoms with Gasteiger partial charge in [-0.2, -0.15) is 0 Å². The number of nitrogens with zero attached hydrogens (tertiary/aromatic N) is 1. The lowest BCUT2D eigenvalue weighted by atomic mass is 10.2. The van der Waals surface area contributed by atoms with Gasteiger partial charge in [0.1, 0.15) is 11.8 Å². The summed E-state index contributed by atoms with van der Waals surface area (Å²) in [6.07, 6.45) is 0.580. The number of nitrogens with one attached hydrogen (secondary N) is 1. The van der Waals surface area contributed by atoms with Gasteiger partial charge in [0.25, 0.3) is 5.91 Å². The summed E-state index contributed by atoms with van der Waals surface area (Å²) in [5.41, 5.74) is 1.11. The van der Waals surface area contributed by atoms with Crippen LogP contribution < -0.4 is 10.1 Å². The molecule has 3 rings (SSSR count). The van der Waals surface area contributed by atoms with Gasteiger partial charge in [-0.3, -0.25) is 4.79 Å². The Hall–Kier alpha value is -2.34. The first-order chi connectivity index (χ1) is 10.7. The van der Waals surface area contributed by atoms with Crippen LogP contribution in [0.25, 0.3) is 10.4 Å². The Kier molecular flexibility index (Phi) is 4.11. The summed E-state index contributed by atoms with van der Waals surface area (Å²) in [6, 6.07) is 10.8. The third-order valence-electron chi connectivity index (χ3n) is 3.54. The summed E-state index contributed by atoms with van der Waals surface area (Å²) in [4.78, 5) is 25.9. The number of thiophene rings is 1. The van der Waals surface area contributed by atoms with Crippen LogP contribution in [0.5, 0.6) is 5.75 Å². The van der Waals surface area contributed by atoms with E-state index in [0.29, 0.717) is 12.2 Å². The van der Waals surface area contributed by atoms with E-state index >= 15 is 0 Å².